The fourth-order valence-corrected chi connectivity index (χ4v) is 5.19. The summed E-state index contributed by atoms with van der Waals surface area (Å²) in [4.78, 5) is 10.6. The summed E-state index contributed by atoms with van der Waals surface area (Å²) in [6, 6.07) is 0. The number of rotatable bonds is 4. The summed E-state index contributed by atoms with van der Waals surface area (Å²) in [7, 11) is 0. The number of carbonyl (C=O) groups excluding carboxylic acids is 1. The fraction of sp³-hybridized carbons (Fsp3) is 0.842. The Kier molecular flexibility index (Phi) is 4.89. The lowest BCUT2D eigenvalue weighted by Crippen LogP contribution is -2.63. The van der Waals surface area contributed by atoms with Gasteiger partial charge < -0.3 is 10.2 Å². The molecule has 0 amide bonds. The minimum atomic E-state index is -0.819. The third-order valence-corrected chi connectivity index (χ3v) is 6.42. The highest BCUT2D eigenvalue weighted by Crippen LogP contribution is 2.58. The van der Waals surface area contributed by atoms with Gasteiger partial charge in [-0.2, -0.15) is 0 Å². The molecule has 0 aromatic rings. The molecule has 3 nitrogen and oxygen atoms in total. The first-order chi connectivity index (χ1) is 10.1. The molecule has 0 aromatic heterocycles. The Labute approximate surface area is 134 Å². The first-order valence-electron chi connectivity index (χ1n) is 8.69. The van der Waals surface area contributed by atoms with Crippen LogP contribution in [0.4, 0.5) is 0 Å². The molecule has 126 valence electrons. The lowest BCUT2D eigenvalue weighted by Gasteiger charge is -2.59. The molecule has 0 saturated heterocycles. The molecule has 2 fully saturated rings. The molecule has 0 heterocycles. The average Bonchev–Trinajstić information content (AvgIpc) is 2.36. The number of fused-ring (bicyclic) bond motifs is 1. The summed E-state index contributed by atoms with van der Waals surface area (Å²) in [6.07, 6.45) is 8.52. The molecule has 0 aromatic carbocycles. The van der Waals surface area contributed by atoms with Crippen LogP contribution in [0.3, 0.4) is 0 Å². The van der Waals surface area contributed by atoms with Gasteiger partial charge in [0.2, 0.25) is 0 Å². The van der Waals surface area contributed by atoms with Crippen molar-refractivity contribution in [3.05, 3.63) is 11.6 Å². The molecule has 3 heteroatoms. The lowest BCUT2D eigenvalue weighted by molar-refractivity contribution is -0.221. The Balaban J connectivity index is 2.26. The molecule has 0 spiro atoms. The zero-order chi connectivity index (χ0) is 16.6. The maximum atomic E-state index is 11.5. The van der Waals surface area contributed by atoms with E-state index in [9.17, 15) is 15.0 Å². The van der Waals surface area contributed by atoms with Crippen LogP contribution in [-0.2, 0) is 4.79 Å². The van der Waals surface area contributed by atoms with Crippen molar-refractivity contribution in [2.45, 2.75) is 83.8 Å². The van der Waals surface area contributed by atoms with Gasteiger partial charge in [-0.1, -0.05) is 25.8 Å². The molecule has 2 saturated carbocycles. The van der Waals surface area contributed by atoms with E-state index in [1.807, 2.05) is 13.8 Å². The average molecular weight is 308 g/mol. The molecular formula is C19H32O3. The van der Waals surface area contributed by atoms with Gasteiger partial charge in [0.15, 0.2) is 0 Å². The maximum Gasteiger partial charge on any atom is 0.142 e. The third-order valence-electron chi connectivity index (χ3n) is 6.42. The van der Waals surface area contributed by atoms with E-state index in [-0.39, 0.29) is 17.3 Å². The van der Waals surface area contributed by atoms with Gasteiger partial charge in [-0.15, -0.1) is 0 Å². The van der Waals surface area contributed by atoms with E-state index in [4.69, 9.17) is 0 Å². The summed E-state index contributed by atoms with van der Waals surface area (Å²) >= 11 is 0. The molecule has 0 bridgehead atoms. The van der Waals surface area contributed by atoms with Gasteiger partial charge in [-0.05, 0) is 69.8 Å². The van der Waals surface area contributed by atoms with E-state index in [0.717, 1.165) is 56.8 Å². The lowest BCUT2D eigenvalue weighted by atomic mass is 9.49. The van der Waals surface area contributed by atoms with Crippen LogP contribution in [0.5, 0.6) is 0 Å². The van der Waals surface area contributed by atoms with E-state index in [0.29, 0.717) is 0 Å². The Morgan fingerprint density at radius 3 is 2.50 bits per heavy atom. The van der Waals surface area contributed by atoms with Crippen LogP contribution in [0, 0.1) is 17.3 Å². The highest BCUT2D eigenvalue weighted by atomic mass is 16.3. The number of hydrogen-bond donors (Lipinski definition) is 2. The monoisotopic (exact) mass is 308 g/mol. The molecule has 2 aliphatic rings. The van der Waals surface area contributed by atoms with Crippen molar-refractivity contribution >= 4 is 6.29 Å². The maximum absolute atomic E-state index is 11.5. The van der Waals surface area contributed by atoms with Crippen molar-refractivity contribution in [2.75, 3.05) is 0 Å². The van der Waals surface area contributed by atoms with Crippen molar-refractivity contribution in [1.82, 2.24) is 0 Å². The van der Waals surface area contributed by atoms with Gasteiger partial charge in [0.05, 0.1) is 11.2 Å². The van der Waals surface area contributed by atoms with E-state index in [1.54, 1.807) is 6.08 Å². The van der Waals surface area contributed by atoms with Gasteiger partial charge in [-0.25, -0.2) is 0 Å². The zero-order valence-corrected chi connectivity index (χ0v) is 14.6. The zero-order valence-electron chi connectivity index (χ0n) is 14.6. The molecule has 0 aliphatic heterocycles. The summed E-state index contributed by atoms with van der Waals surface area (Å²) in [5, 5.41) is 22.4. The van der Waals surface area contributed by atoms with Crippen molar-refractivity contribution in [3.63, 3.8) is 0 Å². The first-order valence-corrected chi connectivity index (χ1v) is 8.69. The van der Waals surface area contributed by atoms with Gasteiger partial charge in [-0.3, -0.25) is 4.79 Å². The van der Waals surface area contributed by atoms with Gasteiger partial charge in [0.1, 0.15) is 6.29 Å². The number of aliphatic hydroxyl groups is 2. The van der Waals surface area contributed by atoms with Crippen LogP contribution in [-0.4, -0.2) is 27.7 Å². The molecule has 2 aliphatic carbocycles. The summed E-state index contributed by atoms with van der Waals surface area (Å²) < 4.78 is 0. The predicted octanol–water partition coefficient (Wildman–Crippen LogP) is 3.63. The van der Waals surface area contributed by atoms with Gasteiger partial charge in [0, 0.05) is 5.92 Å². The molecule has 2 rings (SSSR count). The molecule has 22 heavy (non-hydrogen) atoms. The van der Waals surface area contributed by atoms with Crippen molar-refractivity contribution in [3.8, 4) is 0 Å². The Hall–Kier alpha value is -0.670. The Morgan fingerprint density at radius 2 is 1.86 bits per heavy atom. The normalized spacial score (nSPS) is 41.8. The van der Waals surface area contributed by atoms with E-state index >= 15 is 0 Å². The molecule has 0 radical (unpaired) electrons. The second-order valence-corrected chi connectivity index (χ2v) is 8.52. The predicted molar refractivity (Wildman–Crippen MR) is 88.5 cm³/mol. The van der Waals surface area contributed by atoms with Crippen LogP contribution in [0.15, 0.2) is 11.6 Å². The summed E-state index contributed by atoms with van der Waals surface area (Å²) in [5.74, 6) is 0.141. The number of aldehydes is 1. The quantitative estimate of drug-likeness (QED) is 0.616. The molecule has 1 unspecified atom stereocenters. The van der Waals surface area contributed by atoms with Gasteiger partial charge in [0.25, 0.3) is 0 Å². The Morgan fingerprint density at radius 1 is 1.18 bits per heavy atom. The smallest absolute Gasteiger partial charge is 0.142 e. The highest BCUT2D eigenvalue weighted by Gasteiger charge is 2.59. The second-order valence-electron chi connectivity index (χ2n) is 8.52. The van der Waals surface area contributed by atoms with Gasteiger partial charge >= 0.3 is 0 Å². The third kappa shape index (κ3) is 3.16. The number of hydrogen-bond acceptors (Lipinski definition) is 3. The van der Waals surface area contributed by atoms with Crippen LogP contribution >= 0.6 is 0 Å². The van der Waals surface area contributed by atoms with Crippen LogP contribution in [0.25, 0.3) is 0 Å². The molecular weight excluding hydrogens is 276 g/mol. The Bertz CT molecular complexity index is 450. The van der Waals surface area contributed by atoms with Crippen LogP contribution in [0.2, 0.25) is 0 Å². The summed E-state index contributed by atoms with van der Waals surface area (Å²) in [5.41, 5.74) is -0.438. The first kappa shape index (κ1) is 17.7. The SMILES string of the molecule is C/C(=C/C=O)CC[C@@H]1[C@@]2(O)CCCC(C)(C)C2CC[C@@]1(C)O. The standard InChI is InChI=1S/C19H32O3/c1-14(9-13-20)6-7-16-18(4,21)12-8-15-17(2,3)10-5-11-19(15,16)22/h9,13,15-16,21-22H,5-8,10-12H2,1-4H3/b14-9-/t15?,16-,18+,19+/m0/s1. The van der Waals surface area contributed by atoms with Crippen molar-refractivity contribution in [1.29, 1.82) is 0 Å². The minimum Gasteiger partial charge on any atom is -0.390 e. The van der Waals surface area contributed by atoms with Crippen molar-refractivity contribution < 1.29 is 15.0 Å². The number of carbonyl (C=O) groups is 1. The van der Waals surface area contributed by atoms with Crippen molar-refractivity contribution in [2.24, 2.45) is 17.3 Å². The van der Waals surface area contributed by atoms with E-state index in [2.05, 4.69) is 13.8 Å². The second kappa shape index (κ2) is 6.09. The van der Waals surface area contributed by atoms with E-state index < -0.39 is 11.2 Å². The van der Waals surface area contributed by atoms with Crippen LogP contribution < -0.4 is 0 Å². The van der Waals surface area contributed by atoms with E-state index in [1.165, 1.54) is 0 Å². The molecule has 2 N–H and O–H groups in total. The molecule has 4 atom stereocenters. The number of allylic oxidation sites excluding steroid dienone is 2. The largest absolute Gasteiger partial charge is 0.390 e. The minimum absolute atomic E-state index is 0.117. The van der Waals surface area contributed by atoms with Crippen LogP contribution in [0.1, 0.15) is 72.6 Å². The summed E-state index contributed by atoms with van der Waals surface area (Å²) in [6.45, 7) is 8.34. The topological polar surface area (TPSA) is 57.5 Å². The highest BCUT2D eigenvalue weighted by molar-refractivity contribution is 5.65. The fourth-order valence-electron chi connectivity index (χ4n) is 5.19.